The van der Waals surface area contributed by atoms with Gasteiger partial charge >= 0.3 is 5.97 Å². The summed E-state index contributed by atoms with van der Waals surface area (Å²) in [6, 6.07) is 1.97. The van der Waals surface area contributed by atoms with E-state index >= 15 is 0 Å². The highest BCUT2D eigenvalue weighted by atomic mass is 16.4. The van der Waals surface area contributed by atoms with Crippen LogP contribution >= 0.6 is 0 Å². The van der Waals surface area contributed by atoms with Crippen LogP contribution in [0.3, 0.4) is 0 Å². The summed E-state index contributed by atoms with van der Waals surface area (Å²) in [5.41, 5.74) is 1.87. The number of carboxylic acids is 1. The van der Waals surface area contributed by atoms with Crippen molar-refractivity contribution in [2.24, 2.45) is 0 Å². The van der Waals surface area contributed by atoms with Crippen LogP contribution < -0.4 is 0 Å². The Balaban J connectivity index is 2.36. The van der Waals surface area contributed by atoms with Gasteiger partial charge in [0, 0.05) is 24.5 Å². The molecular weight excluding hydrogens is 296 g/mol. The fourth-order valence-electron chi connectivity index (χ4n) is 2.46. The van der Waals surface area contributed by atoms with E-state index < -0.39 is 5.97 Å². The molecule has 2 rings (SSSR count). The molecule has 0 unspecified atom stereocenters. The summed E-state index contributed by atoms with van der Waals surface area (Å²) < 4.78 is 1.82. The summed E-state index contributed by atoms with van der Waals surface area (Å²) in [6.45, 7) is 8.30. The van der Waals surface area contributed by atoms with Crippen molar-refractivity contribution in [1.82, 2.24) is 19.7 Å². The molecule has 2 aromatic heterocycles. The molecule has 0 saturated carbocycles. The first kappa shape index (κ1) is 16.9. The molecule has 0 radical (unpaired) electrons. The van der Waals surface area contributed by atoms with Gasteiger partial charge in [0.1, 0.15) is 0 Å². The van der Waals surface area contributed by atoms with E-state index in [-0.39, 0.29) is 24.9 Å². The number of rotatable bonds is 6. The zero-order valence-corrected chi connectivity index (χ0v) is 13.9. The number of hydrogen-bond acceptors (Lipinski definition) is 4. The average molecular weight is 318 g/mol. The summed E-state index contributed by atoms with van der Waals surface area (Å²) in [6.07, 6.45) is 1.63. The third kappa shape index (κ3) is 3.49. The number of amides is 1. The summed E-state index contributed by atoms with van der Waals surface area (Å²) in [5.74, 6) is -1.11. The van der Waals surface area contributed by atoms with Gasteiger partial charge in [-0.05, 0) is 33.8 Å². The fourth-order valence-corrected chi connectivity index (χ4v) is 2.46. The van der Waals surface area contributed by atoms with Gasteiger partial charge in [0.25, 0.3) is 5.91 Å². The molecule has 23 heavy (non-hydrogen) atoms. The highest BCUT2D eigenvalue weighted by Crippen LogP contribution is 2.20. The Morgan fingerprint density at radius 2 is 2.09 bits per heavy atom. The number of aliphatic carboxylic acids is 1. The lowest BCUT2D eigenvalue weighted by Crippen LogP contribution is -2.33. The van der Waals surface area contributed by atoms with Gasteiger partial charge in [-0.1, -0.05) is 0 Å². The van der Waals surface area contributed by atoms with E-state index in [4.69, 9.17) is 5.11 Å². The number of aryl methyl sites for hydroxylation is 1. The summed E-state index contributed by atoms with van der Waals surface area (Å²) in [5, 5.41) is 13.9. The highest BCUT2D eigenvalue weighted by Gasteiger charge is 2.20. The van der Waals surface area contributed by atoms with Crippen molar-refractivity contribution in [2.45, 2.75) is 40.2 Å². The number of carbonyl (C=O) groups excluding carboxylic acids is 1. The largest absolute Gasteiger partial charge is 0.481 e. The van der Waals surface area contributed by atoms with Crippen LogP contribution in [-0.4, -0.2) is 49.7 Å². The van der Waals surface area contributed by atoms with Crippen LogP contribution in [0.5, 0.6) is 0 Å². The predicted molar refractivity (Wildman–Crippen MR) is 86.5 cm³/mol. The van der Waals surface area contributed by atoms with Crippen LogP contribution in [0.25, 0.3) is 11.0 Å². The second-order valence-electron chi connectivity index (χ2n) is 5.75. The Morgan fingerprint density at radius 3 is 2.65 bits per heavy atom. The Morgan fingerprint density at radius 1 is 1.39 bits per heavy atom. The van der Waals surface area contributed by atoms with Gasteiger partial charge < -0.3 is 10.0 Å². The van der Waals surface area contributed by atoms with Crippen molar-refractivity contribution < 1.29 is 14.7 Å². The first-order chi connectivity index (χ1) is 10.8. The third-order valence-electron chi connectivity index (χ3n) is 3.74. The lowest BCUT2D eigenvalue weighted by atomic mass is 10.1. The number of hydrogen-bond donors (Lipinski definition) is 1. The minimum atomic E-state index is -0.917. The molecule has 0 atom stereocenters. The maximum Gasteiger partial charge on any atom is 0.305 e. The number of pyridine rings is 1. The van der Waals surface area contributed by atoms with Crippen LogP contribution in [0.2, 0.25) is 0 Å². The van der Waals surface area contributed by atoms with Crippen molar-refractivity contribution in [3.63, 3.8) is 0 Å². The zero-order chi connectivity index (χ0) is 17.1. The predicted octanol–water partition coefficient (Wildman–Crippen LogP) is 2.26. The van der Waals surface area contributed by atoms with Gasteiger partial charge in [0.15, 0.2) is 5.65 Å². The summed E-state index contributed by atoms with van der Waals surface area (Å²) in [7, 11) is 0. The van der Waals surface area contributed by atoms with Gasteiger partial charge in [0.2, 0.25) is 0 Å². The van der Waals surface area contributed by atoms with E-state index in [9.17, 15) is 9.59 Å². The Hall–Kier alpha value is -2.44. The van der Waals surface area contributed by atoms with Crippen LogP contribution in [0, 0.1) is 6.92 Å². The molecule has 1 N–H and O–H groups in total. The molecule has 7 heteroatoms. The van der Waals surface area contributed by atoms with Crippen molar-refractivity contribution in [2.75, 3.05) is 13.1 Å². The molecule has 1 amide bonds. The third-order valence-corrected chi connectivity index (χ3v) is 3.74. The molecule has 0 fully saturated rings. The van der Waals surface area contributed by atoms with E-state index in [1.165, 1.54) is 4.90 Å². The molecule has 0 spiro atoms. The van der Waals surface area contributed by atoms with E-state index in [0.29, 0.717) is 17.8 Å². The van der Waals surface area contributed by atoms with E-state index in [2.05, 4.69) is 10.1 Å². The lowest BCUT2D eigenvalue weighted by Gasteiger charge is -2.21. The standard InChI is InChI=1S/C16H22N4O3/c1-5-19(7-6-14(21)22)16(23)13-8-12-9-17-20(10(2)3)15(12)18-11(13)4/h8-10H,5-7H2,1-4H3,(H,21,22). The molecule has 0 bridgehead atoms. The Labute approximate surface area is 134 Å². The maximum absolute atomic E-state index is 12.7. The number of aromatic nitrogens is 3. The number of fused-ring (bicyclic) bond motifs is 1. The molecule has 124 valence electrons. The molecule has 0 aliphatic carbocycles. The van der Waals surface area contributed by atoms with Crippen molar-refractivity contribution in [1.29, 1.82) is 0 Å². The molecule has 0 aliphatic heterocycles. The Kier molecular flexibility index (Phi) is 4.98. The van der Waals surface area contributed by atoms with Crippen LogP contribution in [-0.2, 0) is 4.79 Å². The SMILES string of the molecule is CCN(CCC(=O)O)C(=O)c1cc2cnn(C(C)C)c2nc1C. The van der Waals surface area contributed by atoms with Crippen molar-refractivity contribution >= 4 is 22.9 Å². The lowest BCUT2D eigenvalue weighted by molar-refractivity contribution is -0.137. The topological polar surface area (TPSA) is 88.3 Å². The summed E-state index contributed by atoms with van der Waals surface area (Å²) >= 11 is 0. The Bertz CT molecular complexity index is 736. The number of carbonyl (C=O) groups is 2. The van der Waals surface area contributed by atoms with Gasteiger partial charge in [-0.2, -0.15) is 5.10 Å². The second-order valence-corrected chi connectivity index (χ2v) is 5.75. The zero-order valence-electron chi connectivity index (χ0n) is 13.9. The second kappa shape index (κ2) is 6.76. The molecule has 0 aliphatic rings. The average Bonchev–Trinajstić information content (AvgIpc) is 2.89. The van der Waals surface area contributed by atoms with E-state index in [0.717, 1.165) is 11.0 Å². The van der Waals surface area contributed by atoms with E-state index in [1.54, 1.807) is 19.2 Å². The monoisotopic (exact) mass is 318 g/mol. The van der Waals surface area contributed by atoms with Crippen LogP contribution in [0.15, 0.2) is 12.3 Å². The molecule has 2 heterocycles. The molecule has 7 nitrogen and oxygen atoms in total. The molecular formula is C16H22N4O3. The summed E-state index contributed by atoms with van der Waals surface area (Å²) in [4.78, 5) is 29.4. The van der Waals surface area contributed by atoms with Gasteiger partial charge in [0.05, 0.1) is 23.9 Å². The normalized spacial score (nSPS) is 11.2. The first-order valence-electron chi connectivity index (χ1n) is 7.71. The van der Waals surface area contributed by atoms with Crippen molar-refractivity contribution in [3.8, 4) is 0 Å². The van der Waals surface area contributed by atoms with E-state index in [1.807, 2.05) is 25.5 Å². The minimum absolute atomic E-state index is 0.0699. The highest BCUT2D eigenvalue weighted by molar-refractivity contribution is 5.98. The quantitative estimate of drug-likeness (QED) is 0.882. The maximum atomic E-state index is 12.7. The van der Waals surface area contributed by atoms with Crippen LogP contribution in [0.4, 0.5) is 0 Å². The molecule has 2 aromatic rings. The minimum Gasteiger partial charge on any atom is -0.481 e. The smallest absolute Gasteiger partial charge is 0.305 e. The number of nitrogens with zero attached hydrogens (tertiary/aromatic N) is 4. The van der Waals surface area contributed by atoms with Crippen molar-refractivity contribution in [3.05, 3.63) is 23.5 Å². The van der Waals surface area contributed by atoms with Gasteiger partial charge in [-0.25, -0.2) is 9.67 Å². The van der Waals surface area contributed by atoms with Gasteiger partial charge in [-0.15, -0.1) is 0 Å². The first-order valence-corrected chi connectivity index (χ1v) is 7.71. The molecule has 0 aromatic carbocycles. The molecule has 0 saturated heterocycles. The van der Waals surface area contributed by atoms with Crippen LogP contribution in [0.1, 0.15) is 49.3 Å². The fraction of sp³-hybridized carbons (Fsp3) is 0.500. The van der Waals surface area contributed by atoms with Gasteiger partial charge in [-0.3, -0.25) is 9.59 Å². The number of carboxylic acid groups (broad SMARTS) is 1.